The van der Waals surface area contributed by atoms with E-state index in [9.17, 15) is 4.79 Å². The van der Waals surface area contributed by atoms with E-state index in [0.717, 1.165) is 11.3 Å². The third-order valence-electron chi connectivity index (χ3n) is 2.46. The first-order chi connectivity index (χ1) is 7.29. The van der Waals surface area contributed by atoms with Gasteiger partial charge in [0.25, 0.3) is 0 Å². The van der Waals surface area contributed by atoms with Crippen LogP contribution in [0.1, 0.15) is 10.8 Å². The molecule has 1 aliphatic rings. The lowest BCUT2D eigenvalue weighted by molar-refractivity contribution is -0.122. The Morgan fingerprint density at radius 3 is 2.80 bits per heavy atom. The Morgan fingerprint density at radius 1 is 1.33 bits per heavy atom. The third-order valence-corrected chi connectivity index (χ3v) is 3.82. The molecule has 1 heterocycles. The molecule has 1 amide bonds. The van der Waals surface area contributed by atoms with Gasteiger partial charge in [0.2, 0.25) is 5.91 Å². The number of amides is 1. The summed E-state index contributed by atoms with van der Waals surface area (Å²) in [5, 5.41) is 2.89. The van der Waals surface area contributed by atoms with Crippen molar-refractivity contribution in [2.75, 3.05) is 12.3 Å². The first-order valence-corrected chi connectivity index (χ1v) is 6.04. The molecule has 1 unspecified atom stereocenters. The highest BCUT2D eigenvalue weighted by molar-refractivity contribution is 7.99. The molecule has 1 aromatic carbocycles. The summed E-state index contributed by atoms with van der Waals surface area (Å²) in [5.74, 6) is 0.868. The number of hydrogen-bond acceptors (Lipinski definition) is 3. The van der Waals surface area contributed by atoms with E-state index < -0.39 is 6.04 Å². The predicted octanol–water partition coefficient (Wildman–Crippen LogP) is 0.918. The SMILES string of the molecule is NC1C(=O)NCCS[C@H]1c1ccccc1. The van der Waals surface area contributed by atoms with Crippen molar-refractivity contribution in [2.45, 2.75) is 11.3 Å². The number of nitrogens with two attached hydrogens (primary N) is 1. The van der Waals surface area contributed by atoms with E-state index >= 15 is 0 Å². The lowest BCUT2D eigenvalue weighted by Gasteiger charge is -2.19. The van der Waals surface area contributed by atoms with Gasteiger partial charge in [0.1, 0.15) is 6.04 Å². The Bertz CT molecular complexity index is 342. The van der Waals surface area contributed by atoms with Crippen molar-refractivity contribution in [3.05, 3.63) is 35.9 Å². The maximum absolute atomic E-state index is 11.5. The summed E-state index contributed by atoms with van der Waals surface area (Å²) in [6.07, 6.45) is 0. The van der Waals surface area contributed by atoms with E-state index in [1.807, 2.05) is 30.3 Å². The first-order valence-electron chi connectivity index (χ1n) is 4.99. The highest BCUT2D eigenvalue weighted by Gasteiger charge is 2.28. The Hall–Kier alpha value is -1.00. The van der Waals surface area contributed by atoms with Crippen LogP contribution in [0.4, 0.5) is 0 Å². The van der Waals surface area contributed by atoms with Crippen LogP contribution in [0.2, 0.25) is 0 Å². The van der Waals surface area contributed by atoms with Gasteiger partial charge in [0, 0.05) is 12.3 Å². The van der Waals surface area contributed by atoms with E-state index in [-0.39, 0.29) is 11.2 Å². The van der Waals surface area contributed by atoms with Gasteiger partial charge in [-0.1, -0.05) is 30.3 Å². The van der Waals surface area contributed by atoms with Crippen LogP contribution in [0.3, 0.4) is 0 Å². The van der Waals surface area contributed by atoms with Crippen LogP contribution in [0, 0.1) is 0 Å². The van der Waals surface area contributed by atoms with E-state index in [4.69, 9.17) is 5.73 Å². The van der Waals surface area contributed by atoms with Gasteiger partial charge in [-0.05, 0) is 5.56 Å². The summed E-state index contributed by atoms with van der Waals surface area (Å²) >= 11 is 1.74. The van der Waals surface area contributed by atoms with Crippen LogP contribution in [-0.2, 0) is 4.79 Å². The Balaban J connectivity index is 2.23. The fourth-order valence-corrected chi connectivity index (χ4v) is 2.82. The molecule has 0 aliphatic carbocycles. The van der Waals surface area contributed by atoms with Gasteiger partial charge >= 0.3 is 0 Å². The van der Waals surface area contributed by atoms with Gasteiger partial charge in [-0.25, -0.2) is 0 Å². The fourth-order valence-electron chi connectivity index (χ4n) is 1.67. The monoisotopic (exact) mass is 222 g/mol. The Labute approximate surface area is 93.4 Å². The number of hydrogen-bond donors (Lipinski definition) is 2. The predicted molar refractivity (Wildman–Crippen MR) is 62.6 cm³/mol. The summed E-state index contributed by atoms with van der Waals surface area (Å²) in [5.41, 5.74) is 7.05. The lowest BCUT2D eigenvalue weighted by atomic mass is 10.1. The molecule has 3 nitrogen and oxygen atoms in total. The van der Waals surface area contributed by atoms with E-state index in [0.29, 0.717) is 6.54 Å². The highest BCUT2D eigenvalue weighted by atomic mass is 32.2. The second-order valence-electron chi connectivity index (χ2n) is 3.52. The third kappa shape index (κ3) is 2.33. The average molecular weight is 222 g/mol. The average Bonchev–Trinajstić information content (AvgIpc) is 2.44. The van der Waals surface area contributed by atoms with E-state index in [1.54, 1.807) is 11.8 Å². The topological polar surface area (TPSA) is 55.1 Å². The lowest BCUT2D eigenvalue weighted by Crippen LogP contribution is -2.42. The molecule has 0 bridgehead atoms. The summed E-state index contributed by atoms with van der Waals surface area (Å²) in [4.78, 5) is 11.5. The molecule has 1 aliphatic heterocycles. The van der Waals surface area contributed by atoms with Crippen LogP contribution in [0.25, 0.3) is 0 Å². The van der Waals surface area contributed by atoms with Gasteiger partial charge in [-0.15, -0.1) is 11.8 Å². The molecule has 80 valence electrons. The molecule has 0 saturated carbocycles. The van der Waals surface area contributed by atoms with Crippen molar-refractivity contribution >= 4 is 17.7 Å². The van der Waals surface area contributed by atoms with Gasteiger partial charge in [0.15, 0.2) is 0 Å². The Kier molecular flexibility index (Phi) is 3.28. The van der Waals surface area contributed by atoms with Gasteiger partial charge < -0.3 is 11.1 Å². The molecule has 0 aromatic heterocycles. The van der Waals surface area contributed by atoms with Crippen molar-refractivity contribution < 1.29 is 4.79 Å². The quantitative estimate of drug-likeness (QED) is 0.743. The van der Waals surface area contributed by atoms with E-state index in [1.165, 1.54) is 0 Å². The summed E-state index contributed by atoms with van der Waals surface area (Å²) in [7, 11) is 0. The van der Waals surface area contributed by atoms with Crippen LogP contribution in [0.15, 0.2) is 30.3 Å². The minimum Gasteiger partial charge on any atom is -0.354 e. The molecular formula is C11H14N2OS. The second kappa shape index (κ2) is 4.68. The number of benzene rings is 1. The number of carbonyl (C=O) groups is 1. The van der Waals surface area contributed by atoms with Crippen molar-refractivity contribution in [3.63, 3.8) is 0 Å². The van der Waals surface area contributed by atoms with Crippen molar-refractivity contribution in [1.82, 2.24) is 5.32 Å². The molecular weight excluding hydrogens is 208 g/mol. The smallest absolute Gasteiger partial charge is 0.238 e. The minimum atomic E-state index is -0.445. The second-order valence-corrected chi connectivity index (χ2v) is 4.77. The molecule has 0 radical (unpaired) electrons. The van der Waals surface area contributed by atoms with Gasteiger partial charge in [-0.2, -0.15) is 0 Å². The van der Waals surface area contributed by atoms with Crippen molar-refractivity contribution in [1.29, 1.82) is 0 Å². The molecule has 1 fully saturated rings. The zero-order chi connectivity index (χ0) is 10.7. The van der Waals surface area contributed by atoms with Crippen LogP contribution in [0.5, 0.6) is 0 Å². The van der Waals surface area contributed by atoms with Crippen LogP contribution < -0.4 is 11.1 Å². The molecule has 2 atom stereocenters. The number of rotatable bonds is 1. The molecule has 15 heavy (non-hydrogen) atoms. The zero-order valence-electron chi connectivity index (χ0n) is 8.35. The number of carbonyl (C=O) groups excluding carboxylic acids is 1. The molecule has 1 saturated heterocycles. The maximum atomic E-state index is 11.5. The first kappa shape index (κ1) is 10.5. The normalized spacial score (nSPS) is 26.9. The number of thioether (sulfide) groups is 1. The molecule has 1 aromatic rings. The summed E-state index contributed by atoms with van der Waals surface area (Å²) in [6.45, 7) is 0.709. The summed E-state index contributed by atoms with van der Waals surface area (Å²) < 4.78 is 0. The largest absolute Gasteiger partial charge is 0.354 e. The fraction of sp³-hybridized carbons (Fsp3) is 0.364. The van der Waals surface area contributed by atoms with Gasteiger partial charge in [-0.3, -0.25) is 4.79 Å². The zero-order valence-corrected chi connectivity index (χ0v) is 9.17. The van der Waals surface area contributed by atoms with E-state index in [2.05, 4.69) is 5.32 Å². The molecule has 3 N–H and O–H groups in total. The van der Waals surface area contributed by atoms with Crippen molar-refractivity contribution in [3.8, 4) is 0 Å². The molecule has 0 spiro atoms. The highest BCUT2D eigenvalue weighted by Crippen LogP contribution is 2.32. The molecule has 2 rings (SSSR count). The van der Waals surface area contributed by atoms with Crippen LogP contribution >= 0.6 is 11.8 Å². The standard InChI is InChI=1S/C11H14N2OS/c12-9-10(8-4-2-1-3-5-8)15-7-6-13-11(9)14/h1-5,9-10H,6-7,12H2,(H,13,14)/t9?,10-/m0/s1. The number of nitrogens with one attached hydrogen (secondary N) is 1. The van der Waals surface area contributed by atoms with Crippen LogP contribution in [-0.4, -0.2) is 24.2 Å². The molecule has 4 heteroatoms. The summed E-state index contributed by atoms with van der Waals surface area (Å²) in [6, 6.07) is 9.53. The van der Waals surface area contributed by atoms with Gasteiger partial charge in [0.05, 0.1) is 5.25 Å². The minimum absolute atomic E-state index is 0.0474. The maximum Gasteiger partial charge on any atom is 0.238 e. The van der Waals surface area contributed by atoms with Crippen molar-refractivity contribution in [2.24, 2.45) is 5.73 Å². The Morgan fingerprint density at radius 2 is 2.07 bits per heavy atom.